The van der Waals surface area contributed by atoms with E-state index >= 15 is 0 Å². The van der Waals surface area contributed by atoms with Crippen molar-refractivity contribution in [1.82, 2.24) is 0 Å². The number of hydrogen-bond acceptors (Lipinski definition) is 4. The molecule has 2 atom stereocenters. The van der Waals surface area contributed by atoms with Crippen LogP contribution in [0.3, 0.4) is 0 Å². The molecule has 4 heteroatoms. The van der Waals surface area contributed by atoms with Gasteiger partial charge >= 0.3 is 11.9 Å². The van der Waals surface area contributed by atoms with Gasteiger partial charge in [0.25, 0.3) is 0 Å². The molecule has 3 aliphatic carbocycles. The minimum Gasteiger partial charge on any atom is -0.461 e. The second kappa shape index (κ2) is 6.91. The van der Waals surface area contributed by atoms with E-state index in [4.69, 9.17) is 9.47 Å². The van der Waals surface area contributed by atoms with E-state index in [1.807, 2.05) is 13.0 Å². The van der Waals surface area contributed by atoms with Crippen LogP contribution in [-0.4, -0.2) is 18.0 Å². The predicted octanol–water partition coefficient (Wildman–Crippen LogP) is 5.07. The van der Waals surface area contributed by atoms with E-state index in [-0.39, 0.29) is 23.5 Å². The third-order valence-electron chi connectivity index (χ3n) is 6.89. The SMILES string of the molecule is CC[C@@]12CCC3=C(CCc4c3ccc(OC(C)=O)c4C)C1=CC[C@@H]2OC(C)=O. The first kappa shape index (κ1) is 19.0. The van der Waals surface area contributed by atoms with Gasteiger partial charge in [0, 0.05) is 25.7 Å². The van der Waals surface area contributed by atoms with Crippen molar-refractivity contribution in [3.8, 4) is 5.75 Å². The summed E-state index contributed by atoms with van der Waals surface area (Å²) in [4.78, 5) is 23.0. The molecule has 0 aromatic heterocycles. The largest absolute Gasteiger partial charge is 0.461 e. The molecule has 148 valence electrons. The van der Waals surface area contributed by atoms with Crippen LogP contribution in [0.2, 0.25) is 0 Å². The van der Waals surface area contributed by atoms with Crippen molar-refractivity contribution >= 4 is 17.5 Å². The average molecular weight is 380 g/mol. The fraction of sp³-hybridized carbons (Fsp3) is 0.500. The Labute approximate surface area is 166 Å². The van der Waals surface area contributed by atoms with Gasteiger partial charge in [0.15, 0.2) is 0 Å². The van der Waals surface area contributed by atoms with Crippen LogP contribution in [0.15, 0.2) is 29.4 Å². The maximum absolute atomic E-state index is 11.6. The smallest absolute Gasteiger partial charge is 0.308 e. The first-order chi connectivity index (χ1) is 13.4. The minimum atomic E-state index is -0.281. The Bertz CT molecular complexity index is 921. The van der Waals surface area contributed by atoms with E-state index in [2.05, 4.69) is 19.1 Å². The molecule has 0 heterocycles. The summed E-state index contributed by atoms with van der Waals surface area (Å²) >= 11 is 0. The molecule has 4 nitrogen and oxygen atoms in total. The van der Waals surface area contributed by atoms with Crippen molar-refractivity contribution < 1.29 is 19.1 Å². The van der Waals surface area contributed by atoms with Crippen molar-refractivity contribution in [2.24, 2.45) is 5.41 Å². The molecular weight excluding hydrogens is 352 g/mol. The van der Waals surface area contributed by atoms with E-state index in [0.29, 0.717) is 5.75 Å². The van der Waals surface area contributed by atoms with Crippen molar-refractivity contribution in [2.75, 3.05) is 0 Å². The highest BCUT2D eigenvalue weighted by atomic mass is 16.5. The Morgan fingerprint density at radius 3 is 2.57 bits per heavy atom. The lowest BCUT2D eigenvalue weighted by atomic mass is 9.62. The molecule has 0 saturated heterocycles. The number of rotatable bonds is 3. The topological polar surface area (TPSA) is 52.6 Å². The number of ether oxygens (including phenoxy) is 2. The van der Waals surface area contributed by atoms with Gasteiger partial charge in [0.1, 0.15) is 11.9 Å². The molecule has 1 aromatic carbocycles. The Kier molecular flexibility index (Phi) is 4.68. The quantitative estimate of drug-likeness (QED) is 0.542. The van der Waals surface area contributed by atoms with Gasteiger partial charge in [0.2, 0.25) is 0 Å². The van der Waals surface area contributed by atoms with Crippen molar-refractivity contribution in [2.45, 2.75) is 72.3 Å². The first-order valence-electron chi connectivity index (χ1n) is 10.3. The lowest BCUT2D eigenvalue weighted by molar-refractivity contribution is -0.151. The number of benzene rings is 1. The Balaban J connectivity index is 1.75. The Hall–Kier alpha value is -2.36. The molecule has 0 radical (unpaired) electrons. The van der Waals surface area contributed by atoms with Crippen LogP contribution in [0, 0.1) is 12.3 Å². The Morgan fingerprint density at radius 1 is 1.11 bits per heavy atom. The highest BCUT2D eigenvalue weighted by molar-refractivity contribution is 5.81. The summed E-state index contributed by atoms with van der Waals surface area (Å²) in [6.07, 6.45) is 8.04. The summed E-state index contributed by atoms with van der Waals surface area (Å²) in [5.74, 6) is 0.204. The van der Waals surface area contributed by atoms with Crippen LogP contribution >= 0.6 is 0 Å². The summed E-state index contributed by atoms with van der Waals surface area (Å²) in [5, 5.41) is 0. The third kappa shape index (κ3) is 2.81. The molecule has 3 aliphatic rings. The number of esters is 2. The molecule has 0 aliphatic heterocycles. The highest BCUT2D eigenvalue weighted by Crippen LogP contribution is 2.58. The zero-order valence-electron chi connectivity index (χ0n) is 17.2. The molecule has 0 bridgehead atoms. The van der Waals surface area contributed by atoms with Crippen LogP contribution in [0.5, 0.6) is 5.75 Å². The molecule has 0 spiro atoms. The molecule has 0 unspecified atom stereocenters. The van der Waals surface area contributed by atoms with E-state index in [1.165, 1.54) is 41.7 Å². The van der Waals surface area contributed by atoms with Gasteiger partial charge in [-0.15, -0.1) is 0 Å². The molecule has 28 heavy (non-hydrogen) atoms. The van der Waals surface area contributed by atoms with E-state index in [9.17, 15) is 9.59 Å². The van der Waals surface area contributed by atoms with E-state index in [0.717, 1.165) is 44.1 Å². The van der Waals surface area contributed by atoms with Crippen LogP contribution in [0.25, 0.3) is 5.57 Å². The van der Waals surface area contributed by atoms with Crippen molar-refractivity contribution in [3.63, 3.8) is 0 Å². The second-order valence-electron chi connectivity index (χ2n) is 8.23. The number of fused-ring (bicyclic) bond motifs is 4. The molecule has 0 saturated carbocycles. The molecule has 4 rings (SSSR count). The van der Waals surface area contributed by atoms with Crippen molar-refractivity contribution in [3.05, 3.63) is 46.0 Å². The lowest BCUT2D eigenvalue weighted by Crippen LogP contribution is -2.38. The zero-order chi connectivity index (χ0) is 20.1. The number of hydrogen-bond donors (Lipinski definition) is 0. The van der Waals surface area contributed by atoms with E-state index in [1.54, 1.807) is 0 Å². The lowest BCUT2D eigenvalue weighted by Gasteiger charge is -2.43. The monoisotopic (exact) mass is 380 g/mol. The molecule has 0 fully saturated rings. The maximum atomic E-state index is 11.6. The number of carbonyl (C=O) groups is 2. The molecule has 0 amide bonds. The fourth-order valence-corrected chi connectivity index (χ4v) is 5.60. The zero-order valence-corrected chi connectivity index (χ0v) is 17.2. The Morgan fingerprint density at radius 2 is 1.89 bits per heavy atom. The minimum absolute atomic E-state index is 0.0330. The van der Waals surface area contributed by atoms with Gasteiger partial charge in [-0.3, -0.25) is 9.59 Å². The van der Waals surface area contributed by atoms with Gasteiger partial charge in [-0.05, 0) is 78.5 Å². The van der Waals surface area contributed by atoms with Crippen LogP contribution in [0.1, 0.15) is 69.6 Å². The fourth-order valence-electron chi connectivity index (χ4n) is 5.60. The normalized spacial score (nSPS) is 25.4. The summed E-state index contributed by atoms with van der Waals surface area (Å²) in [5.41, 5.74) is 7.94. The highest BCUT2D eigenvalue weighted by Gasteiger charge is 2.50. The van der Waals surface area contributed by atoms with Crippen LogP contribution in [0.4, 0.5) is 0 Å². The predicted molar refractivity (Wildman–Crippen MR) is 108 cm³/mol. The standard InChI is InChI=1S/C24H28O4/c1-5-24-13-12-19-18-8-10-22(27-15(3)25)14(2)17(18)6-7-20(19)21(24)9-11-23(24)28-16(4)26/h8-10,23H,5-7,11-13H2,1-4H3/t23-,24+/m0/s1. The van der Waals surface area contributed by atoms with Crippen molar-refractivity contribution in [1.29, 1.82) is 0 Å². The number of carbonyl (C=O) groups excluding carboxylic acids is 2. The summed E-state index contributed by atoms with van der Waals surface area (Å²) < 4.78 is 11.1. The summed E-state index contributed by atoms with van der Waals surface area (Å²) in [6, 6.07) is 4.05. The first-order valence-corrected chi connectivity index (χ1v) is 10.3. The van der Waals surface area contributed by atoms with Gasteiger partial charge in [-0.1, -0.05) is 19.1 Å². The van der Waals surface area contributed by atoms with Gasteiger partial charge in [-0.2, -0.15) is 0 Å². The number of allylic oxidation sites excluding steroid dienone is 2. The van der Waals surface area contributed by atoms with Gasteiger partial charge in [0.05, 0.1) is 0 Å². The second-order valence-corrected chi connectivity index (χ2v) is 8.23. The van der Waals surface area contributed by atoms with Gasteiger partial charge in [-0.25, -0.2) is 0 Å². The summed E-state index contributed by atoms with van der Waals surface area (Å²) in [7, 11) is 0. The van der Waals surface area contributed by atoms with E-state index < -0.39 is 0 Å². The molecule has 1 aromatic rings. The van der Waals surface area contributed by atoms with Crippen LogP contribution in [-0.2, 0) is 20.7 Å². The third-order valence-corrected chi connectivity index (χ3v) is 6.89. The van der Waals surface area contributed by atoms with Gasteiger partial charge < -0.3 is 9.47 Å². The average Bonchev–Trinajstić information content (AvgIpc) is 3.01. The maximum Gasteiger partial charge on any atom is 0.308 e. The molecular formula is C24H28O4. The summed E-state index contributed by atoms with van der Waals surface area (Å²) in [6.45, 7) is 7.22. The molecule has 0 N–H and O–H groups in total. The van der Waals surface area contributed by atoms with Crippen LogP contribution < -0.4 is 4.74 Å².